The van der Waals surface area contributed by atoms with E-state index in [0.29, 0.717) is 24.2 Å². The normalized spacial score (nSPS) is 25.3. The summed E-state index contributed by atoms with van der Waals surface area (Å²) in [7, 11) is 3.96. The first-order valence-corrected chi connectivity index (χ1v) is 14.2. The molecule has 0 unspecified atom stereocenters. The van der Waals surface area contributed by atoms with Gasteiger partial charge in [-0.15, -0.1) is 0 Å². The van der Waals surface area contributed by atoms with Crippen molar-refractivity contribution in [3.05, 3.63) is 65.0 Å². The molecule has 2 N–H and O–H groups in total. The van der Waals surface area contributed by atoms with Crippen LogP contribution in [0.4, 0.5) is 13.2 Å². The minimum absolute atomic E-state index is 0.0795. The lowest BCUT2D eigenvalue weighted by Gasteiger charge is -2.45. The summed E-state index contributed by atoms with van der Waals surface area (Å²) in [4.78, 5) is 33.4. The Morgan fingerprint density at radius 3 is 2.44 bits per heavy atom. The zero-order valence-electron chi connectivity index (χ0n) is 23.8. The van der Waals surface area contributed by atoms with Crippen LogP contribution >= 0.6 is 0 Å². The highest BCUT2D eigenvalue weighted by Crippen LogP contribution is 2.43. The number of β-amino-alcohol motifs (C(OH)–C–C–N with tert-alkyl or cyclic N) is 1. The molecule has 10 heteroatoms. The van der Waals surface area contributed by atoms with E-state index < -0.39 is 48.0 Å². The van der Waals surface area contributed by atoms with Crippen LogP contribution < -0.4 is 0 Å². The molecule has 0 bridgehead atoms. The monoisotopic (exact) mass is 575 g/mol. The van der Waals surface area contributed by atoms with Crippen molar-refractivity contribution < 1.29 is 33.0 Å². The zero-order chi connectivity index (χ0) is 29.8. The molecule has 0 radical (unpaired) electrons. The van der Waals surface area contributed by atoms with Crippen molar-refractivity contribution in [2.24, 2.45) is 11.8 Å². The van der Waals surface area contributed by atoms with E-state index in [1.165, 1.54) is 24.3 Å². The predicted molar refractivity (Wildman–Crippen MR) is 150 cm³/mol. The van der Waals surface area contributed by atoms with Crippen molar-refractivity contribution in [3.8, 4) is 5.75 Å². The molecule has 4 rings (SSSR count). The molecule has 5 atom stereocenters. The highest BCUT2D eigenvalue weighted by molar-refractivity contribution is 5.99. The topological polar surface area (TPSA) is 84.3 Å². The highest BCUT2D eigenvalue weighted by atomic mass is 19.3. The van der Waals surface area contributed by atoms with Gasteiger partial charge in [0.25, 0.3) is 6.43 Å². The Balaban J connectivity index is 1.77. The number of halogens is 3. The summed E-state index contributed by atoms with van der Waals surface area (Å²) in [6.45, 7) is 3.35. The van der Waals surface area contributed by atoms with E-state index in [4.69, 9.17) is 0 Å². The molecule has 2 saturated heterocycles. The van der Waals surface area contributed by atoms with Crippen molar-refractivity contribution in [2.75, 3.05) is 46.8 Å². The van der Waals surface area contributed by atoms with Crippen LogP contribution in [0.1, 0.15) is 46.7 Å². The average molecular weight is 576 g/mol. The predicted octanol–water partition coefficient (Wildman–Crippen LogP) is 3.92. The van der Waals surface area contributed by atoms with Crippen LogP contribution in [0, 0.1) is 24.6 Å². The molecule has 0 aliphatic carbocycles. The van der Waals surface area contributed by atoms with E-state index in [-0.39, 0.29) is 36.6 Å². The number of piperidine rings is 1. The summed E-state index contributed by atoms with van der Waals surface area (Å²) in [5, 5.41) is 20.3. The van der Waals surface area contributed by atoms with Crippen LogP contribution in [0.25, 0.3) is 0 Å². The van der Waals surface area contributed by atoms with Gasteiger partial charge in [-0.25, -0.2) is 13.2 Å². The summed E-state index contributed by atoms with van der Waals surface area (Å²) < 4.78 is 42.9. The third-order valence-corrected chi connectivity index (χ3v) is 8.46. The number of phenolic OH excluding ortho intramolecular Hbond substituents is 1. The average Bonchev–Trinajstić information content (AvgIpc) is 3.33. The van der Waals surface area contributed by atoms with Gasteiger partial charge in [-0.3, -0.25) is 9.59 Å². The van der Waals surface area contributed by atoms with Gasteiger partial charge in [-0.05, 0) is 76.3 Å². The minimum Gasteiger partial charge on any atom is -0.508 e. The lowest BCUT2D eigenvalue weighted by atomic mass is 9.69. The largest absolute Gasteiger partial charge is 0.508 e. The zero-order valence-corrected chi connectivity index (χ0v) is 23.8. The fraction of sp³-hybridized carbons (Fsp3) is 0.548. The van der Waals surface area contributed by atoms with Gasteiger partial charge >= 0.3 is 0 Å². The molecule has 224 valence electrons. The van der Waals surface area contributed by atoms with Crippen molar-refractivity contribution in [1.29, 1.82) is 0 Å². The van der Waals surface area contributed by atoms with Crippen molar-refractivity contribution in [3.63, 3.8) is 0 Å². The lowest BCUT2D eigenvalue weighted by molar-refractivity contribution is -0.142. The standard InChI is InChI=1S/C31H40F3N3O4/c1-19-23(10-7-11-26(19)32)28-24(29(40)20-8-6-9-21(38)14-20)17-36(13-5-4-12-35(2)3)18-25(28)31(41)37-16-22(39)15-27(37)30(33)34/h6-11,14,22,24-25,27-28,30,38-39H,4-5,12-13,15-18H2,1-3H3/t22-,24+,25-,27+,28-/m1/s1. The van der Waals surface area contributed by atoms with Crippen molar-refractivity contribution in [1.82, 2.24) is 14.7 Å². The number of nitrogens with zero attached hydrogens (tertiary/aromatic N) is 3. The first kappa shape index (κ1) is 31.0. The maximum atomic E-state index is 14.9. The van der Waals surface area contributed by atoms with E-state index >= 15 is 0 Å². The first-order chi connectivity index (χ1) is 19.5. The van der Waals surface area contributed by atoms with Crippen LogP contribution in [0.15, 0.2) is 42.5 Å². The number of aliphatic hydroxyl groups excluding tert-OH is 1. The molecule has 1 amide bonds. The first-order valence-electron chi connectivity index (χ1n) is 14.2. The van der Waals surface area contributed by atoms with Crippen molar-refractivity contribution >= 4 is 11.7 Å². The number of rotatable bonds is 10. The maximum Gasteiger partial charge on any atom is 0.258 e. The van der Waals surface area contributed by atoms with Crippen LogP contribution in [-0.2, 0) is 4.79 Å². The molecule has 7 nitrogen and oxygen atoms in total. The van der Waals surface area contributed by atoms with Gasteiger partial charge in [0, 0.05) is 43.5 Å². The minimum atomic E-state index is -2.83. The molecular weight excluding hydrogens is 535 g/mol. The summed E-state index contributed by atoms with van der Waals surface area (Å²) in [6.07, 6.45) is -2.42. The second-order valence-electron chi connectivity index (χ2n) is 11.7. The number of phenols is 1. The molecule has 0 aromatic heterocycles. The number of unbranched alkanes of at least 4 members (excludes halogenated alkanes) is 1. The molecule has 2 fully saturated rings. The summed E-state index contributed by atoms with van der Waals surface area (Å²) in [6, 6.07) is 9.09. The van der Waals surface area contributed by atoms with Crippen LogP contribution in [0.3, 0.4) is 0 Å². The fourth-order valence-corrected chi connectivity index (χ4v) is 6.40. The third kappa shape index (κ3) is 7.10. The molecule has 41 heavy (non-hydrogen) atoms. The van der Waals surface area contributed by atoms with Gasteiger partial charge in [-0.1, -0.05) is 24.3 Å². The molecule has 0 saturated carbocycles. The van der Waals surface area contributed by atoms with Gasteiger partial charge in [0.1, 0.15) is 11.6 Å². The van der Waals surface area contributed by atoms with E-state index in [2.05, 4.69) is 4.90 Å². The third-order valence-electron chi connectivity index (χ3n) is 8.46. The van der Waals surface area contributed by atoms with Crippen LogP contribution in [0.5, 0.6) is 5.75 Å². The Morgan fingerprint density at radius 1 is 1.05 bits per heavy atom. The van der Waals surface area contributed by atoms with E-state index in [1.54, 1.807) is 25.1 Å². The number of ketones is 1. The quantitative estimate of drug-likeness (QED) is 0.330. The number of aromatic hydroxyl groups is 1. The number of carbonyl (C=O) groups excluding carboxylic acids is 2. The van der Waals surface area contributed by atoms with Gasteiger partial charge in [-0.2, -0.15) is 0 Å². The van der Waals surface area contributed by atoms with Gasteiger partial charge in [0.2, 0.25) is 5.91 Å². The number of carbonyl (C=O) groups is 2. The number of benzene rings is 2. The Hall–Kier alpha value is -2.95. The van der Waals surface area contributed by atoms with Crippen LogP contribution in [0.2, 0.25) is 0 Å². The maximum absolute atomic E-state index is 14.9. The molecule has 2 aliphatic heterocycles. The number of hydrogen-bond acceptors (Lipinski definition) is 6. The smallest absolute Gasteiger partial charge is 0.258 e. The molecule has 0 spiro atoms. The Bertz CT molecular complexity index is 1230. The number of alkyl halides is 2. The Labute approximate surface area is 239 Å². The molecule has 2 aromatic rings. The summed E-state index contributed by atoms with van der Waals surface area (Å²) >= 11 is 0. The van der Waals surface area contributed by atoms with Gasteiger partial charge in [0.15, 0.2) is 5.78 Å². The Morgan fingerprint density at radius 2 is 1.76 bits per heavy atom. The molecule has 2 aliphatic rings. The summed E-state index contributed by atoms with van der Waals surface area (Å²) in [5.41, 5.74) is 1.05. The molecule has 2 heterocycles. The van der Waals surface area contributed by atoms with Gasteiger partial charge in [0.05, 0.1) is 18.1 Å². The van der Waals surface area contributed by atoms with E-state index in [9.17, 15) is 33.0 Å². The number of hydrogen-bond donors (Lipinski definition) is 2. The lowest BCUT2D eigenvalue weighted by Crippen LogP contribution is -2.55. The van der Waals surface area contributed by atoms with Gasteiger partial charge < -0.3 is 24.9 Å². The highest BCUT2D eigenvalue weighted by Gasteiger charge is 2.49. The second-order valence-corrected chi connectivity index (χ2v) is 11.7. The second kappa shape index (κ2) is 13.4. The van der Waals surface area contributed by atoms with E-state index in [0.717, 1.165) is 24.3 Å². The summed E-state index contributed by atoms with van der Waals surface area (Å²) in [5.74, 6) is -3.94. The number of amides is 1. The van der Waals surface area contributed by atoms with Crippen LogP contribution in [-0.4, -0.2) is 102 Å². The number of aliphatic hydroxyl groups is 1. The SMILES string of the molecule is Cc1c(F)cccc1[C@@H]1[C@@H](C(=O)c2cccc(O)c2)CN(CCCCN(C)C)C[C@H]1C(=O)N1C[C@H](O)C[C@H]1C(F)F. The van der Waals surface area contributed by atoms with E-state index in [1.807, 2.05) is 19.0 Å². The van der Waals surface area contributed by atoms with Crippen molar-refractivity contribution in [2.45, 2.75) is 50.7 Å². The number of Topliss-reactive ketones (excluding diaryl/α,β-unsaturated/α-hetero) is 1. The molecule has 2 aromatic carbocycles. The number of likely N-dealkylation sites (tertiary alicyclic amines) is 2. The fourth-order valence-electron chi connectivity index (χ4n) is 6.40. The Kier molecular flexibility index (Phi) is 10.1. The molecular formula is C31H40F3N3O4.